The maximum Gasteiger partial charge on any atom is 0.224 e. The average molecular weight is 321 g/mol. The van der Waals surface area contributed by atoms with Crippen molar-refractivity contribution in [1.29, 1.82) is 0 Å². The first-order valence-electron chi connectivity index (χ1n) is 6.28. The highest BCUT2D eigenvalue weighted by molar-refractivity contribution is 7.99. The highest BCUT2D eigenvalue weighted by Crippen LogP contribution is 2.24. The van der Waals surface area contributed by atoms with E-state index < -0.39 is 0 Å². The van der Waals surface area contributed by atoms with E-state index in [-0.39, 0.29) is 24.4 Å². The normalized spacial score (nSPS) is 20.4. The summed E-state index contributed by atoms with van der Waals surface area (Å²) in [6.45, 7) is 3.11. The maximum atomic E-state index is 12.2. The van der Waals surface area contributed by atoms with E-state index in [1.54, 1.807) is 11.3 Å². The van der Waals surface area contributed by atoms with Crippen LogP contribution in [0.5, 0.6) is 0 Å². The SMILES string of the molecule is CC(c1cccs1)N(C)C(=O)CC1CSCCN1.Cl. The van der Waals surface area contributed by atoms with Crippen LogP contribution < -0.4 is 5.32 Å². The average Bonchev–Trinajstić information content (AvgIpc) is 2.92. The van der Waals surface area contributed by atoms with Gasteiger partial charge in [0.25, 0.3) is 0 Å². The summed E-state index contributed by atoms with van der Waals surface area (Å²) in [6, 6.07) is 4.64. The molecule has 1 aromatic heterocycles. The number of halogens is 1. The van der Waals surface area contributed by atoms with Crippen LogP contribution in [0.4, 0.5) is 0 Å². The molecule has 2 unspecified atom stereocenters. The molecule has 1 N–H and O–H groups in total. The predicted octanol–water partition coefficient (Wildman–Crippen LogP) is 2.78. The Morgan fingerprint density at radius 1 is 1.63 bits per heavy atom. The van der Waals surface area contributed by atoms with E-state index in [4.69, 9.17) is 0 Å². The fraction of sp³-hybridized carbons (Fsp3) is 0.615. The number of carbonyl (C=O) groups is 1. The van der Waals surface area contributed by atoms with Gasteiger partial charge in [-0.15, -0.1) is 23.7 Å². The molecule has 2 rings (SSSR count). The van der Waals surface area contributed by atoms with E-state index in [2.05, 4.69) is 23.7 Å². The molecular formula is C13H21ClN2OS2. The minimum Gasteiger partial charge on any atom is -0.338 e. The van der Waals surface area contributed by atoms with Crippen molar-refractivity contribution in [2.75, 3.05) is 25.1 Å². The lowest BCUT2D eigenvalue weighted by Crippen LogP contribution is -2.42. The van der Waals surface area contributed by atoms with E-state index in [1.165, 1.54) is 4.88 Å². The minimum atomic E-state index is 0. The van der Waals surface area contributed by atoms with Crippen molar-refractivity contribution >= 4 is 41.4 Å². The Kier molecular flexibility index (Phi) is 7.21. The van der Waals surface area contributed by atoms with Gasteiger partial charge in [-0.05, 0) is 18.4 Å². The Labute approximate surface area is 129 Å². The van der Waals surface area contributed by atoms with Crippen molar-refractivity contribution in [3.63, 3.8) is 0 Å². The Hall–Kier alpha value is -0.230. The summed E-state index contributed by atoms with van der Waals surface area (Å²) in [5.41, 5.74) is 0. The van der Waals surface area contributed by atoms with E-state index in [9.17, 15) is 4.79 Å². The van der Waals surface area contributed by atoms with Gasteiger partial charge in [-0.25, -0.2) is 0 Å². The minimum absolute atomic E-state index is 0. The summed E-state index contributed by atoms with van der Waals surface area (Å²) >= 11 is 3.64. The number of rotatable bonds is 4. The fourth-order valence-corrected chi connectivity index (χ4v) is 3.82. The number of thiophene rings is 1. The first-order valence-corrected chi connectivity index (χ1v) is 8.32. The van der Waals surface area contributed by atoms with Crippen molar-refractivity contribution in [2.45, 2.75) is 25.4 Å². The molecule has 2 atom stereocenters. The van der Waals surface area contributed by atoms with Gasteiger partial charge in [0.1, 0.15) is 0 Å². The first-order chi connectivity index (χ1) is 8.68. The summed E-state index contributed by atoms with van der Waals surface area (Å²) in [4.78, 5) is 15.3. The third kappa shape index (κ3) is 4.67. The van der Waals surface area contributed by atoms with Gasteiger partial charge in [0.15, 0.2) is 0 Å². The van der Waals surface area contributed by atoms with Crippen molar-refractivity contribution < 1.29 is 4.79 Å². The molecule has 1 fully saturated rings. The van der Waals surface area contributed by atoms with E-state index in [0.29, 0.717) is 12.5 Å². The third-order valence-corrected chi connectivity index (χ3v) is 5.52. The number of hydrogen-bond acceptors (Lipinski definition) is 4. The smallest absolute Gasteiger partial charge is 0.224 e. The maximum absolute atomic E-state index is 12.2. The summed E-state index contributed by atoms with van der Waals surface area (Å²) in [5.74, 6) is 2.44. The first kappa shape index (κ1) is 16.8. The highest BCUT2D eigenvalue weighted by Gasteiger charge is 2.22. The second-order valence-electron chi connectivity index (χ2n) is 4.63. The molecule has 108 valence electrons. The quantitative estimate of drug-likeness (QED) is 0.926. The van der Waals surface area contributed by atoms with Gasteiger partial charge in [-0.3, -0.25) is 4.79 Å². The van der Waals surface area contributed by atoms with Crippen LogP contribution >= 0.6 is 35.5 Å². The predicted molar refractivity (Wildman–Crippen MR) is 86.5 cm³/mol. The van der Waals surface area contributed by atoms with Gasteiger partial charge >= 0.3 is 0 Å². The molecule has 0 aromatic carbocycles. The lowest BCUT2D eigenvalue weighted by Gasteiger charge is -2.28. The largest absolute Gasteiger partial charge is 0.338 e. The Morgan fingerprint density at radius 3 is 3.00 bits per heavy atom. The number of nitrogens with zero attached hydrogens (tertiary/aromatic N) is 1. The van der Waals surface area contributed by atoms with Crippen molar-refractivity contribution in [3.8, 4) is 0 Å². The number of carbonyl (C=O) groups excluding carboxylic acids is 1. The molecule has 1 aromatic rings. The summed E-state index contributed by atoms with van der Waals surface area (Å²) in [7, 11) is 1.91. The number of hydrogen-bond donors (Lipinski definition) is 1. The van der Waals surface area contributed by atoms with Gasteiger partial charge in [0.2, 0.25) is 5.91 Å². The molecular weight excluding hydrogens is 300 g/mol. The van der Waals surface area contributed by atoms with Crippen LogP contribution in [0.1, 0.15) is 24.3 Å². The molecule has 2 heterocycles. The molecule has 0 aliphatic carbocycles. The van der Waals surface area contributed by atoms with Gasteiger partial charge in [-0.1, -0.05) is 6.07 Å². The number of nitrogens with one attached hydrogen (secondary N) is 1. The molecule has 1 aliphatic rings. The fourth-order valence-electron chi connectivity index (χ4n) is 2.04. The topological polar surface area (TPSA) is 32.3 Å². The van der Waals surface area contributed by atoms with Crippen LogP contribution in [0, 0.1) is 0 Å². The van der Waals surface area contributed by atoms with E-state index in [0.717, 1.165) is 18.1 Å². The summed E-state index contributed by atoms with van der Waals surface area (Å²) in [6.07, 6.45) is 0.610. The standard InChI is InChI=1S/C13H20N2OS2.ClH/c1-10(12-4-3-6-18-12)15(2)13(16)8-11-9-17-7-5-14-11;/h3-4,6,10-11,14H,5,7-9H2,1-2H3;1H. The van der Waals surface area contributed by atoms with E-state index >= 15 is 0 Å². The lowest BCUT2D eigenvalue weighted by atomic mass is 10.1. The van der Waals surface area contributed by atoms with Crippen molar-refractivity contribution in [3.05, 3.63) is 22.4 Å². The number of thioether (sulfide) groups is 1. The van der Waals surface area contributed by atoms with Crippen LogP contribution in [0.3, 0.4) is 0 Å². The van der Waals surface area contributed by atoms with Gasteiger partial charge in [0, 0.05) is 42.4 Å². The summed E-state index contributed by atoms with van der Waals surface area (Å²) < 4.78 is 0. The molecule has 0 bridgehead atoms. The Balaban J connectivity index is 0.00000180. The van der Waals surface area contributed by atoms with Crippen LogP contribution in [0.25, 0.3) is 0 Å². The Bertz CT molecular complexity index is 380. The molecule has 1 amide bonds. The number of amides is 1. The third-order valence-electron chi connectivity index (χ3n) is 3.35. The molecule has 1 saturated heterocycles. The molecule has 0 radical (unpaired) electrons. The van der Waals surface area contributed by atoms with Gasteiger partial charge < -0.3 is 10.2 Å². The Morgan fingerprint density at radius 2 is 2.42 bits per heavy atom. The zero-order valence-corrected chi connectivity index (χ0v) is 13.7. The van der Waals surface area contributed by atoms with E-state index in [1.807, 2.05) is 29.8 Å². The van der Waals surface area contributed by atoms with Crippen LogP contribution in [0.15, 0.2) is 17.5 Å². The molecule has 1 aliphatic heterocycles. The second kappa shape index (κ2) is 8.15. The van der Waals surface area contributed by atoms with Gasteiger partial charge in [0.05, 0.1) is 6.04 Å². The van der Waals surface area contributed by atoms with Crippen LogP contribution in [0.2, 0.25) is 0 Å². The molecule has 0 spiro atoms. The second-order valence-corrected chi connectivity index (χ2v) is 6.76. The van der Waals surface area contributed by atoms with Crippen molar-refractivity contribution in [1.82, 2.24) is 10.2 Å². The lowest BCUT2D eigenvalue weighted by molar-refractivity contribution is -0.132. The van der Waals surface area contributed by atoms with Gasteiger partial charge in [-0.2, -0.15) is 11.8 Å². The van der Waals surface area contributed by atoms with Crippen LogP contribution in [-0.2, 0) is 4.79 Å². The van der Waals surface area contributed by atoms with Crippen LogP contribution in [-0.4, -0.2) is 41.9 Å². The molecule has 3 nitrogen and oxygen atoms in total. The van der Waals surface area contributed by atoms with Crippen molar-refractivity contribution in [2.24, 2.45) is 0 Å². The summed E-state index contributed by atoms with van der Waals surface area (Å²) in [5, 5.41) is 5.47. The zero-order chi connectivity index (χ0) is 13.0. The zero-order valence-electron chi connectivity index (χ0n) is 11.3. The molecule has 6 heteroatoms. The highest BCUT2D eigenvalue weighted by atomic mass is 35.5. The monoisotopic (exact) mass is 320 g/mol. The molecule has 19 heavy (non-hydrogen) atoms. The molecule has 0 saturated carbocycles.